The zero-order chi connectivity index (χ0) is 13.0. The minimum atomic E-state index is 0.611. The van der Waals surface area contributed by atoms with Crippen LogP contribution in [-0.2, 0) is 0 Å². The molecule has 0 bridgehead atoms. The van der Waals surface area contributed by atoms with Crippen LogP contribution < -0.4 is 5.32 Å². The molecule has 0 radical (unpaired) electrons. The van der Waals surface area contributed by atoms with Crippen molar-refractivity contribution in [2.24, 2.45) is 11.8 Å². The fraction of sp³-hybridized carbons (Fsp3) is 0.625. The van der Waals surface area contributed by atoms with Crippen LogP contribution in [0, 0.1) is 11.8 Å². The third kappa shape index (κ3) is 3.49. The van der Waals surface area contributed by atoms with Gasteiger partial charge >= 0.3 is 0 Å². The fourth-order valence-corrected chi connectivity index (χ4v) is 2.65. The van der Waals surface area contributed by atoms with E-state index in [0.717, 1.165) is 18.4 Å². The Labute approximate surface area is 111 Å². The van der Waals surface area contributed by atoms with Crippen LogP contribution in [-0.4, -0.2) is 30.6 Å². The molecule has 1 fully saturated rings. The van der Waals surface area contributed by atoms with E-state index in [2.05, 4.69) is 61.3 Å². The molecule has 2 rings (SSSR count). The van der Waals surface area contributed by atoms with Crippen molar-refractivity contribution in [2.45, 2.75) is 33.2 Å². The van der Waals surface area contributed by atoms with E-state index >= 15 is 0 Å². The van der Waals surface area contributed by atoms with Gasteiger partial charge in [-0.3, -0.25) is 4.90 Å². The zero-order valence-corrected chi connectivity index (χ0v) is 11.9. The van der Waals surface area contributed by atoms with Gasteiger partial charge in [-0.2, -0.15) is 0 Å². The Kier molecular flexibility index (Phi) is 4.65. The Balaban J connectivity index is 1.80. The Bertz CT molecular complexity index is 349. The fourth-order valence-electron chi connectivity index (χ4n) is 2.65. The second kappa shape index (κ2) is 6.24. The highest BCUT2D eigenvalue weighted by Crippen LogP contribution is 2.23. The molecule has 18 heavy (non-hydrogen) atoms. The highest BCUT2D eigenvalue weighted by Gasteiger charge is 2.25. The number of hydrogen-bond acceptors (Lipinski definition) is 2. The summed E-state index contributed by atoms with van der Waals surface area (Å²) in [5, 5.41) is 3.53. The molecule has 2 heteroatoms. The standard InChI is InChI=1S/C16H26N2/c1-13-9-10-18(12-14(13)2)15(3)11-17-16-7-5-4-6-8-16/h4-8,13-15,17H,9-12H2,1-3H3. The SMILES string of the molecule is CC1CCN(C(C)CNc2ccccc2)CC1C. The van der Waals surface area contributed by atoms with Gasteiger partial charge in [0.05, 0.1) is 0 Å². The molecule has 1 aliphatic rings. The van der Waals surface area contributed by atoms with Crippen molar-refractivity contribution in [1.29, 1.82) is 0 Å². The van der Waals surface area contributed by atoms with Crippen LogP contribution in [0.3, 0.4) is 0 Å². The van der Waals surface area contributed by atoms with E-state index < -0.39 is 0 Å². The van der Waals surface area contributed by atoms with Crippen LogP contribution in [0.15, 0.2) is 30.3 Å². The Hall–Kier alpha value is -1.02. The smallest absolute Gasteiger partial charge is 0.0340 e. The summed E-state index contributed by atoms with van der Waals surface area (Å²) in [4.78, 5) is 2.63. The minimum Gasteiger partial charge on any atom is -0.383 e. The highest BCUT2D eigenvalue weighted by molar-refractivity contribution is 5.42. The van der Waals surface area contributed by atoms with Crippen LogP contribution >= 0.6 is 0 Å². The summed E-state index contributed by atoms with van der Waals surface area (Å²) in [6.45, 7) is 10.6. The molecule has 1 aromatic rings. The van der Waals surface area contributed by atoms with Crippen molar-refractivity contribution in [1.82, 2.24) is 4.90 Å². The summed E-state index contributed by atoms with van der Waals surface area (Å²) in [5.74, 6) is 1.72. The number of hydrogen-bond donors (Lipinski definition) is 1. The lowest BCUT2D eigenvalue weighted by molar-refractivity contribution is 0.107. The molecule has 3 unspecified atom stereocenters. The number of nitrogens with one attached hydrogen (secondary N) is 1. The van der Waals surface area contributed by atoms with E-state index in [1.54, 1.807) is 0 Å². The molecule has 3 atom stereocenters. The van der Waals surface area contributed by atoms with E-state index in [1.807, 2.05) is 0 Å². The van der Waals surface area contributed by atoms with Gasteiger partial charge in [0.1, 0.15) is 0 Å². The molecule has 100 valence electrons. The minimum absolute atomic E-state index is 0.611. The maximum absolute atomic E-state index is 3.53. The molecule has 1 N–H and O–H groups in total. The summed E-state index contributed by atoms with van der Waals surface area (Å²) in [6.07, 6.45) is 1.34. The molecule has 1 aromatic carbocycles. The number of piperidine rings is 1. The first kappa shape index (κ1) is 13.4. The predicted octanol–water partition coefficient (Wildman–Crippen LogP) is 3.46. The Morgan fingerprint density at radius 2 is 1.94 bits per heavy atom. The van der Waals surface area contributed by atoms with Gasteiger partial charge in [-0.15, -0.1) is 0 Å². The second-order valence-electron chi connectivity index (χ2n) is 5.83. The number of benzene rings is 1. The van der Waals surface area contributed by atoms with Crippen molar-refractivity contribution >= 4 is 5.69 Å². The first-order valence-corrected chi connectivity index (χ1v) is 7.20. The number of likely N-dealkylation sites (tertiary alicyclic amines) is 1. The normalized spacial score (nSPS) is 26.8. The van der Waals surface area contributed by atoms with Crippen molar-refractivity contribution in [3.63, 3.8) is 0 Å². The van der Waals surface area contributed by atoms with E-state index in [9.17, 15) is 0 Å². The maximum atomic E-state index is 3.53. The third-order valence-electron chi connectivity index (χ3n) is 4.36. The molecule has 0 aliphatic carbocycles. The van der Waals surface area contributed by atoms with Crippen molar-refractivity contribution < 1.29 is 0 Å². The highest BCUT2D eigenvalue weighted by atomic mass is 15.2. The number of para-hydroxylation sites is 1. The molecule has 0 amide bonds. The third-order valence-corrected chi connectivity index (χ3v) is 4.36. The monoisotopic (exact) mass is 246 g/mol. The quantitative estimate of drug-likeness (QED) is 0.875. The van der Waals surface area contributed by atoms with Crippen molar-refractivity contribution in [3.8, 4) is 0 Å². The van der Waals surface area contributed by atoms with Crippen LogP contribution in [0.2, 0.25) is 0 Å². The maximum Gasteiger partial charge on any atom is 0.0340 e. The molecular formula is C16H26N2. The van der Waals surface area contributed by atoms with Gasteiger partial charge in [0, 0.05) is 24.8 Å². The van der Waals surface area contributed by atoms with Crippen molar-refractivity contribution in [2.75, 3.05) is 25.0 Å². The van der Waals surface area contributed by atoms with Crippen molar-refractivity contribution in [3.05, 3.63) is 30.3 Å². The summed E-state index contributed by atoms with van der Waals surface area (Å²) in [7, 11) is 0. The number of rotatable bonds is 4. The van der Waals surface area contributed by atoms with E-state index in [1.165, 1.54) is 25.2 Å². The van der Waals surface area contributed by atoms with Gasteiger partial charge in [0.2, 0.25) is 0 Å². The molecule has 1 saturated heterocycles. The first-order valence-electron chi connectivity index (χ1n) is 7.20. The van der Waals surface area contributed by atoms with Gasteiger partial charge in [-0.25, -0.2) is 0 Å². The molecule has 2 nitrogen and oxygen atoms in total. The molecular weight excluding hydrogens is 220 g/mol. The average molecular weight is 246 g/mol. The van der Waals surface area contributed by atoms with Crippen LogP contribution in [0.25, 0.3) is 0 Å². The van der Waals surface area contributed by atoms with Gasteiger partial charge in [0.25, 0.3) is 0 Å². The zero-order valence-electron chi connectivity index (χ0n) is 11.9. The summed E-state index contributed by atoms with van der Waals surface area (Å²) in [5.41, 5.74) is 1.22. The lowest BCUT2D eigenvalue weighted by atomic mass is 9.88. The van der Waals surface area contributed by atoms with Crippen LogP contribution in [0.1, 0.15) is 27.2 Å². The average Bonchev–Trinajstić information content (AvgIpc) is 2.40. The topological polar surface area (TPSA) is 15.3 Å². The number of nitrogens with zero attached hydrogens (tertiary/aromatic N) is 1. The van der Waals surface area contributed by atoms with Gasteiger partial charge < -0.3 is 5.32 Å². The molecule has 1 aliphatic heterocycles. The van der Waals surface area contributed by atoms with Gasteiger partial charge in [0.15, 0.2) is 0 Å². The molecule has 0 aromatic heterocycles. The van der Waals surface area contributed by atoms with E-state index in [4.69, 9.17) is 0 Å². The largest absolute Gasteiger partial charge is 0.383 e. The summed E-state index contributed by atoms with van der Waals surface area (Å²) >= 11 is 0. The second-order valence-corrected chi connectivity index (χ2v) is 5.83. The summed E-state index contributed by atoms with van der Waals surface area (Å²) < 4.78 is 0. The lowest BCUT2D eigenvalue weighted by Crippen LogP contribution is -2.46. The van der Waals surface area contributed by atoms with E-state index in [-0.39, 0.29) is 0 Å². The van der Waals surface area contributed by atoms with Gasteiger partial charge in [-0.1, -0.05) is 32.0 Å². The Morgan fingerprint density at radius 1 is 1.22 bits per heavy atom. The van der Waals surface area contributed by atoms with Gasteiger partial charge in [-0.05, 0) is 43.9 Å². The van der Waals surface area contributed by atoms with Crippen LogP contribution in [0.5, 0.6) is 0 Å². The lowest BCUT2D eigenvalue weighted by Gasteiger charge is -2.39. The molecule has 0 spiro atoms. The number of anilines is 1. The van der Waals surface area contributed by atoms with Crippen LogP contribution in [0.4, 0.5) is 5.69 Å². The predicted molar refractivity (Wildman–Crippen MR) is 78.9 cm³/mol. The first-order chi connectivity index (χ1) is 8.66. The molecule has 0 saturated carbocycles. The molecule has 1 heterocycles. The summed E-state index contributed by atoms with van der Waals surface area (Å²) in [6, 6.07) is 11.1. The Morgan fingerprint density at radius 3 is 2.61 bits per heavy atom. The van der Waals surface area contributed by atoms with E-state index in [0.29, 0.717) is 6.04 Å².